The number of para-hydroxylation sites is 1. The summed E-state index contributed by atoms with van der Waals surface area (Å²) in [5, 5.41) is 7.14. The fraction of sp³-hybridized carbons (Fsp3) is 0.500. The molecule has 0 aliphatic heterocycles. The van der Waals surface area contributed by atoms with Gasteiger partial charge in [0.15, 0.2) is 0 Å². The summed E-state index contributed by atoms with van der Waals surface area (Å²) in [7, 11) is 0. The van der Waals surface area contributed by atoms with Crippen molar-refractivity contribution in [1.29, 1.82) is 0 Å². The highest BCUT2D eigenvalue weighted by molar-refractivity contribution is 6.06. The van der Waals surface area contributed by atoms with Crippen molar-refractivity contribution in [1.82, 2.24) is 15.6 Å². The third-order valence-corrected chi connectivity index (χ3v) is 3.83. The molecule has 2 aromatic rings. The Kier molecular flexibility index (Phi) is 7.67. The minimum Gasteiger partial charge on any atom is -0.478 e. The second-order valence-corrected chi connectivity index (χ2v) is 6.58. The van der Waals surface area contributed by atoms with Crippen molar-refractivity contribution in [2.75, 3.05) is 26.2 Å². The summed E-state index contributed by atoms with van der Waals surface area (Å²) in [6.45, 7) is 9.35. The number of ether oxygens (including phenoxy) is 1. The van der Waals surface area contributed by atoms with Crippen LogP contribution in [0.15, 0.2) is 30.3 Å². The highest BCUT2D eigenvalue weighted by Crippen LogP contribution is 2.22. The minimum atomic E-state index is -0.0923. The lowest BCUT2D eigenvalue weighted by Crippen LogP contribution is -2.33. The summed E-state index contributed by atoms with van der Waals surface area (Å²) in [5.41, 5.74) is 1.39. The summed E-state index contributed by atoms with van der Waals surface area (Å²) in [5.74, 6) is 1.02. The van der Waals surface area contributed by atoms with Gasteiger partial charge in [-0.25, -0.2) is 4.98 Å². The molecule has 0 bridgehead atoms. The molecule has 0 atom stereocenters. The number of benzene rings is 1. The third-order valence-electron chi connectivity index (χ3n) is 3.83. The van der Waals surface area contributed by atoms with Gasteiger partial charge in [-0.1, -0.05) is 45.4 Å². The van der Waals surface area contributed by atoms with Gasteiger partial charge < -0.3 is 15.4 Å². The number of rotatable bonds is 10. The summed E-state index contributed by atoms with van der Waals surface area (Å²) in [4.78, 5) is 17.1. The van der Waals surface area contributed by atoms with Gasteiger partial charge in [0.1, 0.15) is 0 Å². The van der Waals surface area contributed by atoms with Gasteiger partial charge in [0.25, 0.3) is 5.91 Å². The van der Waals surface area contributed by atoms with Crippen LogP contribution in [0.4, 0.5) is 0 Å². The van der Waals surface area contributed by atoms with Crippen LogP contribution in [0.3, 0.4) is 0 Å². The first-order valence-electron chi connectivity index (χ1n) is 9.13. The van der Waals surface area contributed by atoms with E-state index in [1.165, 1.54) is 0 Å². The van der Waals surface area contributed by atoms with Gasteiger partial charge >= 0.3 is 0 Å². The van der Waals surface area contributed by atoms with E-state index in [-0.39, 0.29) is 5.91 Å². The maximum absolute atomic E-state index is 12.6. The molecule has 0 saturated heterocycles. The van der Waals surface area contributed by atoms with Crippen LogP contribution in [0.5, 0.6) is 5.88 Å². The molecule has 2 N–H and O–H groups in total. The van der Waals surface area contributed by atoms with E-state index in [0.717, 1.165) is 36.8 Å². The fourth-order valence-electron chi connectivity index (χ4n) is 2.48. The zero-order valence-electron chi connectivity index (χ0n) is 15.5. The molecule has 0 aliphatic rings. The predicted molar refractivity (Wildman–Crippen MR) is 102 cm³/mol. The van der Waals surface area contributed by atoms with Gasteiger partial charge in [-0.2, -0.15) is 0 Å². The summed E-state index contributed by atoms with van der Waals surface area (Å²) in [6, 6.07) is 9.41. The van der Waals surface area contributed by atoms with E-state index in [4.69, 9.17) is 4.74 Å². The van der Waals surface area contributed by atoms with Crippen LogP contribution in [-0.2, 0) is 0 Å². The normalized spacial score (nSPS) is 11.0. The van der Waals surface area contributed by atoms with Crippen molar-refractivity contribution in [3.8, 4) is 5.88 Å². The smallest absolute Gasteiger partial charge is 0.252 e. The van der Waals surface area contributed by atoms with Gasteiger partial charge in [0.05, 0.1) is 17.7 Å². The average molecular weight is 343 g/mol. The quantitative estimate of drug-likeness (QED) is 0.649. The molecule has 1 aromatic heterocycles. The maximum atomic E-state index is 12.6. The Bertz CT molecular complexity index is 686. The Hall–Kier alpha value is -2.14. The second-order valence-electron chi connectivity index (χ2n) is 6.58. The topological polar surface area (TPSA) is 63.2 Å². The van der Waals surface area contributed by atoms with E-state index in [0.29, 0.717) is 30.5 Å². The second kappa shape index (κ2) is 9.99. The molecule has 0 radical (unpaired) electrons. The van der Waals surface area contributed by atoms with Crippen LogP contribution in [0.25, 0.3) is 10.9 Å². The molecular formula is C20H29N3O2. The Morgan fingerprint density at radius 3 is 2.80 bits per heavy atom. The molecule has 1 amide bonds. The SMILES string of the molecule is CCCCOc1cc(C(=O)NCCNCC(C)C)c2ccccc2n1. The molecule has 1 aromatic carbocycles. The van der Waals surface area contributed by atoms with Gasteiger partial charge in [0, 0.05) is 24.5 Å². The van der Waals surface area contributed by atoms with E-state index < -0.39 is 0 Å². The summed E-state index contributed by atoms with van der Waals surface area (Å²) >= 11 is 0. The molecule has 0 fully saturated rings. The molecule has 0 aliphatic carbocycles. The zero-order chi connectivity index (χ0) is 18.1. The van der Waals surface area contributed by atoms with Gasteiger partial charge in [0.2, 0.25) is 5.88 Å². The first-order valence-corrected chi connectivity index (χ1v) is 9.13. The lowest BCUT2D eigenvalue weighted by atomic mass is 10.1. The lowest BCUT2D eigenvalue weighted by Gasteiger charge is -2.12. The number of fused-ring (bicyclic) bond motifs is 1. The van der Waals surface area contributed by atoms with Crippen molar-refractivity contribution < 1.29 is 9.53 Å². The Balaban J connectivity index is 2.07. The summed E-state index contributed by atoms with van der Waals surface area (Å²) in [6.07, 6.45) is 2.03. The highest BCUT2D eigenvalue weighted by Gasteiger charge is 2.13. The number of amides is 1. The molecule has 5 heteroatoms. The van der Waals surface area contributed by atoms with E-state index in [1.54, 1.807) is 6.07 Å². The van der Waals surface area contributed by atoms with E-state index >= 15 is 0 Å². The van der Waals surface area contributed by atoms with Crippen molar-refractivity contribution in [3.05, 3.63) is 35.9 Å². The number of aromatic nitrogens is 1. The lowest BCUT2D eigenvalue weighted by molar-refractivity contribution is 0.0955. The number of hydrogen-bond donors (Lipinski definition) is 2. The molecule has 5 nitrogen and oxygen atoms in total. The minimum absolute atomic E-state index is 0.0923. The largest absolute Gasteiger partial charge is 0.478 e. The van der Waals surface area contributed by atoms with Crippen molar-refractivity contribution in [2.45, 2.75) is 33.6 Å². The molecule has 0 spiro atoms. The molecule has 0 unspecified atom stereocenters. The highest BCUT2D eigenvalue weighted by atomic mass is 16.5. The first kappa shape index (κ1) is 19.2. The molecule has 136 valence electrons. The van der Waals surface area contributed by atoms with E-state index in [2.05, 4.69) is 36.4 Å². The van der Waals surface area contributed by atoms with Crippen LogP contribution in [0.1, 0.15) is 44.0 Å². The Morgan fingerprint density at radius 2 is 2.04 bits per heavy atom. The van der Waals surface area contributed by atoms with Crippen LogP contribution in [0, 0.1) is 5.92 Å². The average Bonchev–Trinajstić information content (AvgIpc) is 2.60. The fourth-order valence-corrected chi connectivity index (χ4v) is 2.48. The van der Waals surface area contributed by atoms with Crippen molar-refractivity contribution in [2.24, 2.45) is 5.92 Å². The van der Waals surface area contributed by atoms with Gasteiger partial charge in [-0.05, 0) is 24.9 Å². The maximum Gasteiger partial charge on any atom is 0.252 e. The number of nitrogens with zero attached hydrogens (tertiary/aromatic N) is 1. The van der Waals surface area contributed by atoms with Crippen molar-refractivity contribution >= 4 is 16.8 Å². The zero-order valence-corrected chi connectivity index (χ0v) is 15.5. The van der Waals surface area contributed by atoms with Crippen molar-refractivity contribution in [3.63, 3.8) is 0 Å². The first-order chi connectivity index (χ1) is 12.1. The van der Waals surface area contributed by atoms with E-state index in [9.17, 15) is 4.79 Å². The summed E-state index contributed by atoms with van der Waals surface area (Å²) < 4.78 is 5.71. The van der Waals surface area contributed by atoms with Gasteiger partial charge in [-0.15, -0.1) is 0 Å². The van der Waals surface area contributed by atoms with Crippen LogP contribution < -0.4 is 15.4 Å². The number of carbonyl (C=O) groups excluding carboxylic acids is 1. The number of unbranched alkanes of at least 4 members (excludes halogenated alkanes) is 1. The predicted octanol–water partition coefficient (Wildman–Crippen LogP) is 3.39. The number of pyridine rings is 1. The third kappa shape index (κ3) is 6.02. The van der Waals surface area contributed by atoms with E-state index in [1.807, 2.05) is 24.3 Å². The van der Waals surface area contributed by atoms with Gasteiger partial charge in [-0.3, -0.25) is 4.79 Å². The standard InChI is InChI=1S/C20H29N3O2/c1-4-5-12-25-19-13-17(16-8-6-7-9-18(16)23-19)20(24)22-11-10-21-14-15(2)3/h6-9,13,15,21H,4-5,10-12,14H2,1-3H3,(H,22,24). The molecular weight excluding hydrogens is 314 g/mol. The number of nitrogens with one attached hydrogen (secondary N) is 2. The number of carbonyl (C=O) groups is 1. The van der Waals surface area contributed by atoms with Crippen LogP contribution in [-0.4, -0.2) is 37.1 Å². The molecule has 25 heavy (non-hydrogen) atoms. The molecule has 0 saturated carbocycles. The molecule has 1 heterocycles. The van der Waals surface area contributed by atoms with Crippen LogP contribution >= 0.6 is 0 Å². The Labute approximate surface area is 150 Å². The number of hydrogen-bond acceptors (Lipinski definition) is 4. The van der Waals surface area contributed by atoms with Crippen LogP contribution in [0.2, 0.25) is 0 Å². The Morgan fingerprint density at radius 1 is 1.24 bits per heavy atom. The monoisotopic (exact) mass is 343 g/mol. The molecule has 2 rings (SSSR count).